The van der Waals surface area contributed by atoms with Gasteiger partial charge >= 0.3 is 0 Å². The first-order chi connectivity index (χ1) is 10.1. The molecule has 2 aliphatic carbocycles. The zero-order valence-corrected chi connectivity index (χ0v) is 12.3. The molecule has 2 aliphatic rings. The van der Waals surface area contributed by atoms with E-state index in [1.54, 1.807) is 0 Å². The summed E-state index contributed by atoms with van der Waals surface area (Å²) in [7, 11) is 0. The SMILES string of the molecule is Cc1ccc2c(c1)C(O)(c1ccc(OC3CC3)cc1)CC2. The lowest BCUT2D eigenvalue weighted by atomic mass is 9.87. The Morgan fingerprint density at radius 1 is 1.10 bits per heavy atom. The van der Waals surface area contributed by atoms with Crippen LogP contribution in [0.4, 0.5) is 0 Å². The molecule has 0 aromatic heterocycles. The van der Waals surface area contributed by atoms with E-state index >= 15 is 0 Å². The first-order valence-corrected chi connectivity index (χ1v) is 7.75. The van der Waals surface area contributed by atoms with Crippen LogP contribution in [0.15, 0.2) is 42.5 Å². The van der Waals surface area contributed by atoms with Crippen LogP contribution in [-0.2, 0) is 12.0 Å². The molecule has 0 bridgehead atoms. The average molecular weight is 280 g/mol. The van der Waals surface area contributed by atoms with Gasteiger partial charge in [0.05, 0.1) is 6.10 Å². The summed E-state index contributed by atoms with van der Waals surface area (Å²) < 4.78 is 5.78. The summed E-state index contributed by atoms with van der Waals surface area (Å²) in [5, 5.41) is 11.2. The van der Waals surface area contributed by atoms with Gasteiger partial charge in [0.1, 0.15) is 11.4 Å². The standard InChI is InChI=1S/C19H20O2/c1-13-2-3-14-10-11-19(20,18(14)12-13)15-4-6-16(7-5-15)21-17-8-9-17/h2-7,12,17,20H,8-11H2,1H3. The van der Waals surface area contributed by atoms with E-state index in [1.165, 1.54) is 24.0 Å². The summed E-state index contributed by atoms with van der Waals surface area (Å²) in [6.45, 7) is 2.07. The van der Waals surface area contributed by atoms with Gasteiger partial charge in [-0.1, -0.05) is 35.9 Å². The van der Waals surface area contributed by atoms with Crippen molar-refractivity contribution in [3.05, 3.63) is 64.7 Å². The van der Waals surface area contributed by atoms with Gasteiger partial charge in [-0.25, -0.2) is 0 Å². The Balaban J connectivity index is 1.68. The van der Waals surface area contributed by atoms with E-state index in [-0.39, 0.29) is 0 Å². The zero-order chi connectivity index (χ0) is 14.4. The van der Waals surface area contributed by atoms with Crippen LogP contribution < -0.4 is 4.74 Å². The Labute approximate surface area is 125 Å². The van der Waals surface area contributed by atoms with E-state index in [0.29, 0.717) is 6.10 Å². The fraction of sp³-hybridized carbons (Fsp3) is 0.368. The molecule has 4 rings (SSSR count). The average Bonchev–Trinajstić information content (AvgIpc) is 3.24. The Hall–Kier alpha value is -1.80. The van der Waals surface area contributed by atoms with Crippen molar-refractivity contribution < 1.29 is 9.84 Å². The molecule has 21 heavy (non-hydrogen) atoms. The summed E-state index contributed by atoms with van der Waals surface area (Å²) in [6, 6.07) is 14.4. The maximum absolute atomic E-state index is 11.2. The second kappa shape index (κ2) is 4.60. The van der Waals surface area contributed by atoms with Crippen molar-refractivity contribution in [2.45, 2.75) is 44.3 Å². The number of aryl methyl sites for hydroxylation is 2. The van der Waals surface area contributed by atoms with Crippen molar-refractivity contribution in [2.75, 3.05) is 0 Å². The summed E-state index contributed by atoms with van der Waals surface area (Å²) in [6.07, 6.45) is 4.44. The van der Waals surface area contributed by atoms with Crippen molar-refractivity contribution in [3.63, 3.8) is 0 Å². The van der Waals surface area contributed by atoms with E-state index in [4.69, 9.17) is 4.74 Å². The molecule has 0 amide bonds. The van der Waals surface area contributed by atoms with Crippen molar-refractivity contribution in [1.82, 2.24) is 0 Å². The Morgan fingerprint density at radius 2 is 1.86 bits per heavy atom. The largest absolute Gasteiger partial charge is 0.490 e. The molecule has 0 saturated heterocycles. The zero-order valence-electron chi connectivity index (χ0n) is 12.3. The highest BCUT2D eigenvalue weighted by atomic mass is 16.5. The van der Waals surface area contributed by atoms with Crippen LogP contribution >= 0.6 is 0 Å². The highest BCUT2D eigenvalue weighted by Gasteiger charge is 2.38. The lowest BCUT2D eigenvalue weighted by Gasteiger charge is -2.25. The maximum Gasteiger partial charge on any atom is 0.119 e. The Kier molecular flexibility index (Phi) is 2.83. The third-order valence-electron chi connectivity index (χ3n) is 4.63. The van der Waals surface area contributed by atoms with Crippen molar-refractivity contribution in [1.29, 1.82) is 0 Å². The second-order valence-electron chi connectivity index (χ2n) is 6.36. The number of benzene rings is 2. The molecule has 1 fully saturated rings. The lowest BCUT2D eigenvalue weighted by Crippen LogP contribution is -2.23. The molecule has 0 radical (unpaired) electrons. The van der Waals surface area contributed by atoms with Gasteiger partial charge in [-0.2, -0.15) is 0 Å². The van der Waals surface area contributed by atoms with Crippen molar-refractivity contribution >= 4 is 0 Å². The molecule has 1 unspecified atom stereocenters. The molecule has 1 atom stereocenters. The quantitative estimate of drug-likeness (QED) is 0.928. The van der Waals surface area contributed by atoms with Crippen LogP contribution in [0.5, 0.6) is 5.75 Å². The predicted octanol–water partition coefficient (Wildman–Crippen LogP) is 3.72. The summed E-state index contributed by atoms with van der Waals surface area (Å²) in [5.74, 6) is 0.910. The molecule has 2 aromatic rings. The maximum atomic E-state index is 11.2. The molecule has 0 heterocycles. The summed E-state index contributed by atoms with van der Waals surface area (Å²) >= 11 is 0. The van der Waals surface area contributed by atoms with E-state index in [9.17, 15) is 5.11 Å². The van der Waals surface area contributed by atoms with Crippen molar-refractivity contribution in [2.24, 2.45) is 0 Å². The fourth-order valence-corrected chi connectivity index (χ4v) is 3.23. The molecule has 1 N–H and O–H groups in total. The number of rotatable bonds is 3. The summed E-state index contributed by atoms with van der Waals surface area (Å²) in [4.78, 5) is 0. The van der Waals surface area contributed by atoms with Crippen LogP contribution in [0.2, 0.25) is 0 Å². The number of ether oxygens (including phenoxy) is 1. The molecule has 2 aromatic carbocycles. The van der Waals surface area contributed by atoms with E-state index < -0.39 is 5.60 Å². The van der Waals surface area contributed by atoms with Gasteiger partial charge in [0.2, 0.25) is 0 Å². The topological polar surface area (TPSA) is 29.5 Å². The van der Waals surface area contributed by atoms with Crippen LogP contribution in [0.25, 0.3) is 0 Å². The number of hydrogen-bond donors (Lipinski definition) is 1. The van der Waals surface area contributed by atoms with Crippen LogP contribution in [0.3, 0.4) is 0 Å². The minimum absolute atomic E-state index is 0.411. The Morgan fingerprint density at radius 3 is 2.57 bits per heavy atom. The highest BCUT2D eigenvalue weighted by molar-refractivity contribution is 5.47. The highest BCUT2D eigenvalue weighted by Crippen LogP contribution is 2.42. The number of hydrogen-bond acceptors (Lipinski definition) is 2. The third kappa shape index (κ3) is 2.24. The first-order valence-electron chi connectivity index (χ1n) is 7.75. The molecule has 1 saturated carbocycles. The van der Waals surface area contributed by atoms with Gasteiger partial charge < -0.3 is 9.84 Å². The molecular weight excluding hydrogens is 260 g/mol. The van der Waals surface area contributed by atoms with Crippen LogP contribution in [0, 0.1) is 6.92 Å². The minimum Gasteiger partial charge on any atom is -0.490 e. The number of fused-ring (bicyclic) bond motifs is 1. The third-order valence-corrected chi connectivity index (χ3v) is 4.63. The molecular formula is C19H20O2. The molecule has 2 nitrogen and oxygen atoms in total. The molecule has 2 heteroatoms. The van der Waals surface area contributed by atoms with Gasteiger partial charge in [0.15, 0.2) is 0 Å². The monoisotopic (exact) mass is 280 g/mol. The molecule has 0 aliphatic heterocycles. The van der Waals surface area contributed by atoms with Crippen LogP contribution in [-0.4, -0.2) is 11.2 Å². The fourth-order valence-electron chi connectivity index (χ4n) is 3.23. The van der Waals surface area contributed by atoms with Gasteiger partial charge in [-0.3, -0.25) is 0 Å². The predicted molar refractivity (Wildman–Crippen MR) is 82.6 cm³/mol. The van der Waals surface area contributed by atoms with E-state index in [0.717, 1.165) is 29.7 Å². The van der Waals surface area contributed by atoms with Gasteiger partial charge in [-0.15, -0.1) is 0 Å². The van der Waals surface area contributed by atoms with Gasteiger partial charge in [-0.05, 0) is 61.4 Å². The Bertz CT molecular complexity index is 670. The first kappa shape index (κ1) is 12.9. The molecule has 0 spiro atoms. The normalized spacial score (nSPS) is 23.9. The smallest absolute Gasteiger partial charge is 0.119 e. The van der Waals surface area contributed by atoms with E-state index in [2.05, 4.69) is 25.1 Å². The lowest BCUT2D eigenvalue weighted by molar-refractivity contribution is 0.0828. The number of aliphatic hydroxyl groups is 1. The minimum atomic E-state index is -0.848. The van der Waals surface area contributed by atoms with Crippen molar-refractivity contribution in [3.8, 4) is 5.75 Å². The molecule has 108 valence electrons. The van der Waals surface area contributed by atoms with Gasteiger partial charge in [0, 0.05) is 0 Å². The van der Waals surface area contributed by atoms with E-state index in [1.807, 2.05) is 24.3 Å². The van der Waals surface area contributed by atoms with Gasteiger partial charge in [0.25, 0.3) is 0 Å². The second-order valence-corrected chi connectivity index (χ2v) is 6.36. The summed E-state index contributed by atoms with van der Waals surface area (Å²) in [5.41, 5.74) is 3.65. The van der Waals surface area contributed by atoms with Crippen LogP contribution in [0.1, 0.15) is 41.5 Å².